The molecule has 3 heteroatoms. The fourth-order valence-corrected chi connectivity index (χ4v) is 4.29. The van der Waals surface area contributed by atoms with Crippen molar-refractivity contribution in [2.75, 3.05) is 32.1 Å². The highest BCUT2D eigenvalue weighted by Gasteiger charge is 2.37. The van der Waals surface area contributed by atoms with Crippen molar-refractivity contribution < 1.29 is 0 Å². The Labute approximate surface area is 142 Å². The summed E-state index contributed by atoms with van der Waals surface area (Å²) in [6, 6.07) is 9.97. The molecule has 0 aromatic heterocycles. The Balaban J connectivity index is 0.00000176. The van der Waals surface area contributed by atoms with E-state index in [4.69, 9.17) is 0 Å². The average Bonchev–Trinajstić information content (AvgIpc) is 2.71. The van der Waals surface area contributed by atoms with Gasteiger partial charge < -0.3 is 9.80 Å². The molecule has 1 fully saturated rings. The summed E-state index contributed by atoms with van der Waals surface area (Å²) in [4.78, 5) is 5.05. The van der Waals surface area contributed by atoms with E-state index in [0.29, 0.717) is 0 Å². The predicted molar refractivity (Wildman–Crippen MR) is 98.4 cm³/mol. The van der Waals surface area contributed by atoms with Crippen molar-refractivity contribution in [1.29, 1.82) is 0 Å². The van der Waals surface area contributed by atoms with E-state index in [2.05, 4.69) is 48.2 Å². The van der Waals surface area contributed by atoms with Gasteiger partial charge in [-0.15, -0.1) is 12.4 Å². The number of anilines is 1. The Morgan fingerprint density at radius 1 is 1.05 bits per heavy atom. The smallest absolute Gasteiger partial charge is 0.0405 e. The lowest BCUT2D eigenvalue weighted by Gasteiger charge is -2.32. The van der Waals surface area contributed by atoms with Crippen LogP contribution in [0.3, 0.4) is 0 Å². The van der Waals surface area contributed by atoms with Gasteiger partial charge in [-0.1, -0.05) is 43.9 Å². The van der Waals surface area contributed by atoms with E-state index >= 15 is 0 Å². The number of hydrogen-bond donors (Lipinski definition) is 0. The largest absolute Gasteiger partial charge is 0.368 e. The molecule has 2 atom stereocenters. The fraction of sp³-hybridized carbons (Fsp3) is 0.684. The molecule has 3 rings (SSSR count). The molecule has 0 radical (unpaired) electrons. The van der Waals surface area contributed by atoms with E-state index in [9.17, 15) is 0 Å². The van der Waals surface area contributed by atoms with Gasteiger partial charge in [0.2, 0.25) is 0 Å². The Bertz CT molecular complexity index is 461. The van der Waals surface area contributed by atoms with E-state index in [0.717, 1.165) is 12.0 Å². The molecular formula is C19H31ClN2. The van der Waals surface area contributed by atoms with Crippen molar-refractivity contribution in [3.8, 4) is 0 Å². The second kappa shape index (κ2) is 8.21. The second-order valence-corrected chi connectivity index (χ2v) is 7.07. The number of fused-ring (bicyclic) bond motifs is 3. The first-order chi connectivity index (χ1) is 10.3. The lowest BCUT2D eigenvalue weighted by Crippen LogP contribution is -2.36. The standard InChI is InChI=1S/C19H30N2.ClH/c1-20(2)14-9-15-21-18-12-6-4-3-5-10-16(18)17-11-7-8-13-19(17)21;/h7-8,11,13,16,18H,3-6,9-10,12,14-15H2,1-2H3;1H. The van der Waals surface area contributed by atoms with E-state index in [1.807, 2.05) is 0 Å². The van der Waals surface area contributed by atoms with Crippen LogP contribution in [-0.4, -0.2) is 38.1 Å². The minimum absolute atomic E-state index is 0. The molecule has 0 amide bonds. The van der Waals surface area contributed by atoms with Gasteiger partial charge in [0.25, 0.3) is 0 Å². The summed E-state index contributed by atoms with van der Waals surface area (Å²) in [5.41, 5.74) is 3.17. The van der Waals surface area contributed by atoms with Crippen molar-refractivity contribution in [3.05, 3.63) is 29.8 Å². The van der Waals surface area contributed by atoms with Crippen LogP contribution in [0.5, 0.6) is 0 Å². The highest BCUT2D eigenvalue weighted by Crippen LogP contribution is 2.46. The number of benzene rings is 1. The molecule has 2 unspecified atom stereocenters. The quantitative estimate of drug-likeness (QED) is 0.793. The minimum Gasteiger partial charge on any atom is -0.368 e. The maximum absolute atomic E-state index is 2.74. The summed E-state index contributed by atoms with van der Waals surface area (Å²) >= 11 is 0. The third-order valence-electron chi connectivity index (χ3n) is 5.28. The first-order valence-corrected chi connectivity index (χ1v) is 8.77. The normalized spacial score (nSPS) is 24.2. The van der Waals surface area contributed by atoms with Crippen molar-refractivity contribution in [2.45, 2.75) is 56.9 Å². The van der Waals surface area contributed by atoms with Crippen molar-refractivity contribution in [2.24, 2.45) is 0 Å². The number of rotatable bonds is 4. The van der Waals surface area contributed by atoms with Gasteiger partial charge in [-0.2, -0.15) is 0 Å². The molecule has 1 aromatic rings. The molecule has 1 heterocycles. The van der Waals surface area contributed by atoms with Crippen LogP contribution in [-0.2, 0) is 0 Å². The summed E-state index contributed by atoms with van der Waals surface area (Å²) in [6.07, 6.45) is 9.76. The van der Waals surface area contributed by atoms with E-state index < -0.39 is 0 Å². The monoisotopic (exact) mass is 322 g/mol. The third-order valence-corrected chi connectivity index (χ3v) is 5.28. The number of para-hydroxylation sites is 1. The molecule has 0 bridgehead atoms. The lowest BCUT2D eigenvalue weighted by molar-refractivity contribution is 0.378. The Kier molecular flexibility index (Phi) is 6.58. The summed E-state index contributed by atoms with van der Waals surface area (Å²) in [5, 5.41) is 0. The van der Waals surface area contributed by atoms with Crippen molar-refractivity contribution in [3.63, 3.8) is 0 Å². The van der Waals surface area contributed by atoms with Gasteiger partial charge in [-0.3, -0.25) is 0 Å². The molecular weight excluding hydrogens is 292 g/mol. The molecule has 0 spiro atoms. The van der Waals surface area contributed by atoms with Crippen molar-refractivity contribution >= 4 is 18.1 Å². The summed E-state index contributed by atoms with van der Waals surface area (Å²) in [7, 11) is 4.35. The van der Waals surface area contributed by atoms with Gasteiger partial charge in [-0.25, -0.2) is 0 Å². The van der Waals surface area contributed by atoms with Crippen LogP contribution in [0.25, 0.3) is 0 Å². The van der Waals surface area contributed by atoms with Crippen LogP contribution in [0.4, 0.5) is 5.69 Å². The maximum atomic E-state index is 2.74. The number of nitrogens with zero attached hydrogens (tertiary/aromatic N) is 2. The van der Waals surface area contributed by atoms with Gasteiger partial charge in [0.1, 0.15) is 0 Å². The molecule has 2 aliphatic rings. The van der Waals surface area contributed by atoms with Gasteiger partial charge >= 0.3 is 0 Å². The molecule has 1 saturated carbocycles. The molecule has 0 saturated heterocycles. The lowest BCUT2D eigenvalue weighted by atomic mass is 9.84. The summed E-state index contributed by atoms with van der Waals surface area (Å²) in [5.74, 6) is 0.792. The van der Waals surface area contributed by atoms with Gasteiger partial charge in [0, 0.05) is 24.2 Å². The highest BCUT2D eigenvalue weighted by molar-refractivity contribution is 5.85. The van der Waals surface area contributed by atoms with Gasteiger partial charge in [0.15, 0.2) is 0 Å². The topological polar surface area (TPSA) is 6.48 Å². The Morgan fingerprint density at radius 3 is 2.55 bits per heavy atom. The van der Waals surface area contributed by atoms with Crippen LogP contribution in [0.2, 0.25) is 0 Å². The first-order valence-electron chi connectivity index (χ1n) is 8.77. The zero-order valence-electron chi connectivity index (χ0n) is 14.1. The van der Waals surface area contributed by atoms with Crippen molar-refractivity contribution in [1.82, 2.24) is 4.90 Å². The van der Waals surface area contributed by atoms with E-state index in [1.165, 1.54) is 63.7 Å². The van der Waals surface area contributed by atoms with Gasteiger partial charge in [-0.05, 0) is 51.5 Å². The van der Waals surface area contributed by atoms with Crippen LogP contribution < -0.4 is 4.90 Å². The summed E-state index contributed by atoms with van der Waals surface area (Å²) < 4.78 is 0. The first kappa shape index (κ1) is 17.6. The molecule has 1 aliphatic heterocycles. The van der Waals surface area contributed by atoms with Crippen LogP contribution in [0.15, 0.2) is 24.3 Å². The SMILES string of the molecule is CN(C)CCCN1c2ccccc2C2CCCCCCC21.Cl. The third kappa shape index (κ3) is 3.78. The Morgan fingerprint density at radius 2 is 1.77 bits per heavy atom. The molecule has 1 aliphatic carbocycles. The fourth-order valence-electron chi connectivity index (χ4n) is 4.29. The minimum atomic E-state index is 0. The van der Waals surface area contributed by atoms with E-state index in [1.54, 1.807) is 5.56 Å². The number of hydrogen-bond acceptors (Lipinski definition) is 2. The van der Waals surface area contributed by atoms with Crippen LogP contribution in [0.1, 0.15) is 56.4 Å². The van der Waals surface area contributed by atoms with Gasteiger partial charge in [0.05, 0.1) is 0 Å². The predicted octanol–water partition coefficient (Wildman–Crippen LogP) is 4.69. The molecule has 22 heavy (non-hydrogen) atoms. The molecule has 1 aromatic carbocycles. The maximum Gasteiger partial charge on any atom is 0.0405 e. The molecule has 124 valence electrons. The second-order valence-electron chi connectivity index (χ2n) is 7.07. The average molecular weight is 323 g/mol. The van der Waals surface area contributed by atoms with Crippen LogP contribution in [0, 0.1) is 0 Å². The Hall–Kier alpha value is -0.730. The highest BCUT2D eigenvalue weighted by atomic mass is 35.5. The van der Waals surface area contributed by atoms with E-state index in [-0.39, 0.29) is 12.4 Å². The zero-order chi connectivity index (χ0) is 14.7. The number of halogens is 1. The van der Waals surface area contributed by atoms with Crippen LogP contribution >= 0.6 is 12.4 Å². The summed E-state index contributed by atoms with van der Waals surface area (Å²) in [6.45, 7) is 2.41. The molecule has 0 N–H and O–H groups in total. The zero-order valence-corrected chi connectivity index (χ0v) is 14.9. The molecule has 2 nitrogen and oxygen atoms in total.